The van der Waals surface area contributed by atoms with E-state index in [-0.39, 0.29) is 18.4 Å². The Kier molecular flexibility index (Phi) is 5.19. The lowest BCUT2D eigenvalue weighted by Crippen LogP contribution is -2.48. The second kappa shape index (κ2) is 6.89. The molecule has 0 amide bonds. The van der Waals surface area contributed by atoms with Crippen LogP contribution in [-0.2, 0) is 0 Å². The smallest absolute Gasteiger partial charge is 0.115 e. The predicted octanol–water partition coefficient (Wildman–Crippen LogP) is 1.45. The van der Waals surface area contributed by atoms with E-state index in [1.54, 1.807) is 12.1 Å². The minimum atomic E-state index is -0.00382. The molecule has 1 aliphatic rings. The molecule has 1 aliphatic heterocycles. The van der Waals surface area contributed by atoms with Gasteiger partial charge in [0.15, 0.2) is 0 Å². The van der Waals surface area contributed by atoms with E-state index in [2.05, 4.69) is 16.7 Å². The Hall–Kier alpha value is -1.10. The Bertz CT molecular complexity index is 389. The number of benzene rings is 1. The van der Waals surface area contributed by atoms with Gasteiger partial charge in [-0.1, -0.05) is 19.1 Å². The van der Waals surface area contributed by atoms with Crippen LogP contribution in [-0.4, -0.2) is 59.3 Å². The number of aromatic hydroxyl groups is 1. The summed E-state index contributed by atoms with van der Waals surface area (Å²) >= 11 is 0. The van der Waals surface area contributed by atoms with Gasteiger partial charge < -0.3 is 15.1 Å². The maximum atomic E-state index is 9.65. The van der Waals surface area contributed by atoms with Gasteiger partial charge in [-0.05, 0) is 30.7 Å². The number of hydrogen-bond acceptors (Lipinski definition) is 4. The third-order valence-corrected chi connectivity index (χ3v) is 3.82. The van der Waals surface area contributed by atoms with Gasteiger partial charge in [0, 0.05) is 26.2 Å². The fourth-order valence-corrected chi connectivity index (χ4v) is 2.78. The van der Waals surface area contributed by atoms with E-state index >= 15 is 0 Å². The van der Waals surface area contributed by atoms with E-state index in [1.807, 2.05) is 12.1 Å². The fourth-order valence-electron chi connectivity index (χ4n) is 2.78. The topological polar surface area (TPSA) is 46.9 Å². The van der Waals surface area contributed by atoms with E-state index in [9.17, 15) is 10.2 Å². The molecule has 1 saturated heterocycles. The van der Waals surface area contributed by atoms with Gasteiger partial charge >= 0.3 is 0 Å². The number of rotatable bonds is 5. The summed E-state index contributed by atoms with van der Waals surface area (Å²) in [5.41, 5.74) is 0.992. The molecule has 1 aromatic carbocycles. The predicted molar refractivity (Wildman–Crippen MR) is 76.2 cm³/mol. The number of phenols is 1. The SMILES string of the molecule is CCCN1CCN(C(CO)c2cccc(O)c2)CC1. The summed E-state index contributed by atoms with van der Waals surface area (Å²) in [6, 6.07) is 7.21. The van der Waals surface area contributed by atoms with Gasteiger partial charge in [0.1, 0.15) is 5.75 Å². The number of piperazine rings is 1. The van der Waals surface area contributed by atoms with Crippen LogP contribution in [0.4, 0.5) is 0 Å². The van der Waals surface area contributed by atoms with Gasteiger partial charge in [0.2, 0.25) is 0 Å². The van der Waals surface area contributed by atoms with Crippen molar-refractivity contribution in [1.29, 1.82) is 0 Å². The maximum absolute atomic E-state index is 9.65. The molecule has 2 rings (SSSR count). The molecule has 1 fully saturated rings. The summed E-state index contributed by atoms with van der Waals surface area (Å²) in [5.74, 6) is 0.264. The van der Waals surface area contributed by atoms with Crippen LogP contribution in [0.25, 0.3) is 0 Å². The van der Waals surface area contributed by atoms with Gasteiger partial charge in [-0.2, -0.15) is 0 Å². The molecule has 19 heavy (non-hydrogen) atoms. The average Bonchev–Trinajstić information content (AvgIpc) is 2.42. The van der Waals surface area contributed by atoms with Gasteiger partial charge in [-0.3, -0.25) is 4.90 Å². The lowest BCUT2D eigenvalue weighted by atomic mass is 10.0. The van der Waals surface area contributed by atoms with E-state index in [4.69, 9.17) is 0 Å². The normalized spacial score (nSPS) is 19.5. The van der Waals surface area contributed by atoms with Gasteiger partial charge in [0.25, 0.3) is 0 Å². The third kappa shape index (κ3) is 3.69. The third-order valence-electron chi connectivity index (χ3n) is 3.82. The van der Waals surface area contributed by atoms with Crippen LogP contribution < -0.4 is 0 Å². The highest BCUT2D eigenvalue weighted by molar-refractivity contribution is 5.29. The number of aliphatic hydroxyl groups excluding tert-OH is 1. The van der Waals surface area contributed by atoms with Crippen molar-refractivity contribution in [2.45, 2.75) is 19.4 Å². The van der Waals surface area contributed by atoms with Crippen LogP contribution in [0.3, 0.4) is 0 Å². The highest BCUT2D eigenvalue weighted by Crippen LogP contribution is 2.24. The van der Waals surface area contributed by atoms with Gasteiger partial charge in [-0.15, -0.1) is 0 Å². The summed E-state index contributed by atoms with van der Waals surface area (Å²) in [4.78, 5) is 4.77. The van der Waals surface area contributed by atoms with Crippen LogP contribution >= 0.6 is 0 Å². The molecule has 0 spiro atoms. The van der Waals surface area contributed by atoms with Crippen LogP contribution in [0.1, 0.15) is 24.9 Å². The van der Waals surface area contributed by atoms with Crippen molar-refractivity contribution >= 4 is 0 Å². The van der Waals surface area contributed by atoms with Crippen LogP contribution in [0, 0.1) is 0 Å². The van der Waals surface area contributed by atoms with E-state index < -0.39 is 0 Å². The van der Waals surface area contributed by atoms with Crippen molar-refractivity contribution in [3.8, 4) is 5.75 Å². The van der Waals surface area contributed by atoms with Crippen LogP contribution in [0.2, 0.25) is 0 Å². The van der Waals surface area contributed by atoms with Crippen molar-refractivity contribution in [2.75, 3.05) is 39.3 Å². The molecule has 0 bridgehead atoms. The number of aliphatic hydroxyl groups is 1. The number of nitrogens with zero attached hydrogens (tertiary/aromatic N) is 2. The monoisotopic (exact) mass is 264 g/mol. The molecule has 1 unspecified atom stereocenters. The van der Waals surface area contributed by atoms with Crippen molar-refractivity contribution in [2.24, 2.45) is 0 Å². The second-order valence-electron chi connectivity index (χ2n) is 5.17. The lowest BCUT2D eigenvalue weighted by molar-refractivity contribution is 0.0650. The standard InChI is InChI=1S/C15H24N2O2/c1-2-6-16-7-9-17(10-8-16)15(12-18)13-4-3-5-14(19)11-13/h3-5,11,15,18-19H,2,6-10,12H2,1H3. The van der Waals surface area contributed by atoms with E-state index in [0.29, 0.717) is 0 Å². The summed E-state index contributed by atoms with van der Waals surface area (Å²) in [6.07, 6.45) is 1.19. The Morgan fingerprint density at radius 2 is 1.95 bits per heavy atom. The van der Waals surface area contributed by atoms with Gasteiger partial charge in [0.05, 0.1) is 12.6 Å². The molecule has 2 N–H and O–H groups in total. The molecule has 4 nitrogen and oxygen atoms in total. The minimum absolute atomic E-state index is 0.00382. The highest BCUT2D eigenvalue weighted by Gasteiger charge is 2.24. The molecular weight excluding hydrogens is 240 g/mol. The minimum Gasteiger partial charge on any atom is -0.508 e. The molecule has 106 valence electrons. The van der Waals surface area contributed by atoms with Crippen LogP contribution in [0.15, 0.2) is 24.3 Å². The van der Waals surface area contributed by atoms with E-state index in [1.165, 1.54) is 6.42 Å². The van der Waals surface area contributed by atoms with E-state index in [0.717, 1.165) is 38.3 Å². The molecule has 0 saturated carbocycles. The fraction of sp³-hybridized carbons (Fsp3) is 0.600. The molecule has 1 atom stereocenters. The first kappa shape index (κ1) is 14.3. The molecular formula is C15H24N2O2. The average molecular weight is 264 g/mol. The quantitative estimate of drug-likeness (QED) is 0.845. The summed E-state index contributed by atoms with van der Waals surface area (Å²) in [5, 5.41) is 19.2. The number of phenolic OH excluding ortho intramolecular Hbond substituents is 1. The zero-order valence-electron chi connectivity index (χ0n) is 11.6. The summed E-state index contributed by atoms with van der Waals surface area (Å²) in [7, 11) is 0. The Balaban J connectivity index is 1.99. The summed E-state index contributed by atoms with van der Waals surface area (Å²) in [6.45, 7) is 7.52. The molecule has 1 aromatic rings. The first-order valence-corrected chi connectivity index (χ1v) is 7.10. The molecule has 0 aromatic heterocycles. The zero-order valence-corrected chi connectivity index (χ0v) is 11.6. The Labute approximate surface area is 115 Å². The highest BCUT2D eigenvalue weighted by atomic mass is 16.3. The zero-order chi connectivity index (χ0) is 13.7. The van der Waals surface area contributed by atoms with Crippen molar-refractivity contribution in [3.05, 3.63) is 29.8 Å². The summed E-state index contributed by atoms with van der Waals surface area (Å²) < 4.78 is 0. The molecule has 4 heteroatoms. The molecule has 0 aliphatic carbocycles. The van der Waals surface area contributed by atoms with Crippen LogP contribution in [0.5, 0.6) is 5.75 Å². The Morgan fingerprint density at radius 3 is 2.53 bits per heavy atom. The van der Waals surface area contributed by atoms with Crippen molar-refractivity contribution in [3.63, 3.8) is 0 Å². The lowest BCUT2D eigenvalue weighted by Gasteiger charge is -2.38. The largest absolute Gasteiger partial charge is 0.508 e. The molecule has 1 heterocycles. The number of hydrogen-bond donors (Lipinski definition) is 2. The first-order chi connectivity index (χ1) is 9.24. The second-order valence-corrected chi connectivity index (χ2v) is 5.17. The first-order valence-electron chi connectivity index (χ1n) is 7.10. The van der Waals surface area contributed by atoms with Crippen molar-refractivity contribution < 1.29 is 10.2 Å². The molecule has 0 radical (unpaired) electrons. The van der Waals surface area contributed by atoms with Gasteiger partial charge in [-0.25, -0.2) is 0 Å². The van der Waals surface area contributed by atoms with Crippen molar-refractivity contribution in [1.82, 2.24) is 9.80 Å². The maximum Gasteiger partial charge on any atom is 0.115 e. The Morgan fingerprint density at radius 1 is 1.21 bits per heavy atom.